The number of hydrogen-bond donors (Lipinski definition) is 1. The van der Waals surface area contributed by atoms with Gasteiger partial charge in [0.05, 0.1) is 0 Å². The number of oxime groups is 1. The SMILES string of the molecule is Brc1cc2ccccc2cc1CC1=NOSN1. The maximum atomic E-state index is 4.83. The van der Waals surface area contributed by atoms with E-state index in [2.05, 4.69) is 50.1 Å². The van der Waals surface area contributed by atoms with Crippen molar-refractivity contribution in [1.82, 2.24) is 4.72 Å². The van der Waals surface area contributed by atoms with Crippen LogP contribution in [0.3, 0.4) is 0 Å². The second-order valence-electron chi connectivity index (χ2n) is 3.77. The summed E-state index contributed by atoms with van der Waals surface area (Å²) < 4.78 is 8.93. The van der Waals surface area contributed by atoms with Crippen LogP contribution < -0.4 is 4.72 Å². The first-order chi connectivity index (χ1) is 8.33. The molecule has 0 amide bonds. The van der Waals surface area contributed by atoms with Crippen molar-refractivity contribution in [2.75, 3.05) is 0 Å². The largest absolute Gasteiger partial charge is 0.297 e. The fourth-order valence-electron chi connectivity index (χ4n) is 1.79. The van der Waals surface area contributed by atoms with E-state index in [0.29, 0.717) is 0 Å². The van der Waals surface area contributed by atoms with Gasteiger partial charge in [-0.05, 0) is 28.5 Å². The molecule has 3 rings (SSSR count). The molecule has 1 aliphatic heterocycles. The molecular formula is C12H9BrN2OS. The van der Waals surface area contributed by atoms with Gasteiger partial charge in [-0.1, -0.05) is 45.4 Å². The highest BCUT2D eigenvalue weighted by molar-refractivity contribution is 9.10. The van der Waals surface area contributed by atoms with Crippen LogP contribution in [-0.2, 0) is 10.7 Å². The lowest BCUT2D eigenvalue weighted by atomic mass is 10.0. The smallest absolute Gasteiger partial charge is 0.208 e. The molecule has 0 bridgehead atoms. The minimum absolute atomic E-state index is 0.735. The monoisotopic (exact) mass is 308 g/mol. The van der Waals surface area contributed by atoms with Crippen molar-refractivity contribution in [3.63, 3.8) is 0 Å². The number of halogens is 1. The molecule has 0 spiro atoms. The van der Waals surface area contributed by atoms with E-state index in [1.807, 2.05) is 12.1 Å². The van der Waals surface area contributed by atoms with Crippen LogP contribution in [0.5, 0.6) is 0 Å². The highest BCUT2D eigenvalue weighted by atomic mass is 79.9. The third kappa shape index (κ3) is 2.25. The molecule has 5 heteroatoms. The molecule has 0 atom stereocenters. The van der Waals surface area contributed by atoms with Gasteiger partial charge in [-0.15, -0.1) is 0 Å². The van der Waals surface area contributed by atoms with Gasteiger partial charge >= 0.3 is 0 Å². The number of fused-ring (bicyclic) bond motifs is 1. The second kappa shape index (κ2) is 4.58. The lowest BCUT2D eigenvalue weighted by Crippen LogP contribution is -2.14. The Balaban J connectivity index is 2.00. The van der Waals surface area contributed by atoms with Gasteiger partial charge in [-0.2, -0.15) is 0 Å². The first kappa shape index (κ1) is 10.9. The average molecular weight is 309 g/mol. The molecule has 2 aromatic rings. The zero-order valence-electron chi connectivity index (χ0n) is 8.81. The molecule has 1 N–H and O–H groups in total. The van der Waals surface area contributed by atoms with Crippen LogP contribution in [0.25, 0.3) is 10.8 Å². The van der Waals surface area contributed by atoms with Crippen molar-refractivity contribution >= 4 is 44.8 Å². The normalized spacial score (nSPS) is 14.3. The Morgan fingerprint density at radius 2 is 2.00 bits per heavy atom. The molecule has 0 aliphatic carbocycles. The van der Waals surface area contributed by atoms with Crippen LogP contribution in [0.1, 0.15) is 5.56 Å². The lowest BCUT2D eigenvalue weighted by molar-refractivity contribution is 0.415. The predicted octanol–water partition coefficient (Wildman–Crippen LogP) is 3.64. The lowest BCUT2D eigenvalue weighted by Gasteiger charge is -2.06. The van der Waals surface area contributed by atoms with Gasteiger partial charge in [0.1, 0.15) is 0 Å². The molecule has 86 valence electrons. The van der Waals surface area contributed by atoms with Crippen LogP contribution in [0.4, 0.5) is 0 Å². The summed E-state index contributed by atoms with van der Waals surface area (Å²) >= 11 is 4.74. The van der Waals surface area contributed by atoms with Gasteiger partial charge in [0.15, 0.2) is 5.84 Å². The first-order valence-corrected chi connectivity index (χ1v) is 6.69. The molecule has 0 saturated heterocycles. The van der Waals surface area contributed by atoms with Crippen LogP contribution in [-0.4, -0.2) is 5.84 Å². The summed E-state index contributed by atoms with van der Waals surface area (Å²) in [4.78, 5) is 0. The molecule has 0 saturated carbocycles. The standard InChI is InChI=1S/C12H9BrN2OS/c13-11-6-9-4-2-1-3-8(9)5-10(11)7-12-14-16-17-15-12/h1-6H,7H2,(H,14,15). The number of benzene rings is 2. The molecule has 1 heterocycles. The Labute approximate surface area is 112 Å². The van der Waals surface area contributed by atoms with Gasteiger partial charge in [-0.25, -0.2) is 0 Å². The maximum Gasteiger partial charge on any atom is 0.208 e. The third-order valence-corrected chi connectivity index (χ3v) is 3.82. The molecule has 3 nitrogen and oxygen atoms in total. The molecule has 0 aromatic heterocycles. The minimum atomic E-state index is 0.735. The van der Waals surface area contributed by atoms with E-state index < -0.39 is 0 Å². The van der Waals surface area contributed by atoms with Crippen LogP contribution in [0.15, 0.2) is 46.0 Å². The highest BCUT2D eigenvalue weighted by Gasteiger charge is 2.11. The van der Waals surface area contributed by atoms with Crippen molar-refractivity contribution in [3.05, 3.63) is 46.4 Å². The molecule has 0 radical (unpaired) electrons. The van der Waals surface area contributed by atoms with E-state index >= 15 is 0 Å². The van der Waals surface area contributed by atoms with E-state index in [1.54, 1.807) is 0 Å². The molecule has 1 aliphatic rings. The maximum absolute atomic E-state index is 4.83. The number of nitrogens with zero attached hydrogens (tertiary/aromatic N) is 1. The Morgan fingerprint density at radius 3 is 2.71 bits per heavy atom. The first-order valence-electron chi connectivity index (χ1n) is 5.16. The summed E-state index contributed by atoms with van der Waals surface area (Å²) in [5, 5.41) is 6.37. The van der Waals surface area contributed by atoms with E-state index in [4.69, 9.17) is 4.28 Å². The van der Waals surface area contributed by atoms with Gasteiger partial charge < -0.3 is 0 Å². The minimum Gasteiger partial charge on any atom is -0.297 e. The molecule has 0 fully saturated rings. The third-order valence-electron chi connectivity index (χ3n) is 2.62. The zero-order chi connectivity index (χ0) is 11.7. The quantitative estimate of drug-likeness (QED) is 0.679. The van der Waals surface area contributed by atoms with Crippen molar-refractivity contribution in [2.24, 2.45) is 5.16 Å². The topological polar surface area (TPSA) is 33.6 Å². The summed E-state index contributed by atoms with van der Waals surface area (Å²) in [6.07, 6.45) is 0.735. The predicted molar refractivity (Wildman–Crippen MR) is 74.6 cm³/mol. The van der Waals surface area contributed by atoms with Crippen molar-refractivity contribution in [1.29, 1.82) is 0 Å². The van der Waals surface area contributed by atoms with E-state index in [0.717, 1.165) is 29.0 Å². The van der Waals surface area contributed by atoms with E-state index in [9.17, 15) is 0 Å². The molecular weight excluding hydrogens is 300 g/mol. The van der Waals surface area contributed by atoms with E-state index in [-0.39, 0.29) is 0 Å². The Bertz CT molecular complexity index is 600. The summed E-state index contributed by atoms with van der Waals surface area (Å²) in [6, 6.07) is 12.6. The summed E-state index contributed by atoms with van der Waals surface area (Å²) in [6.45, 7) is 0. The van der Waals surface area contributed by atoms with Crippen LogP contribution in [0.2, 0.25) is 0 Å². The number of rotatable bonds is 2. The van der Waals surface area contributed by atoms with Crippen LogP contribution in [0, 0.1) is 0 Å². The van der Waals surface area contributed by atoms with Crippen LogP contribution >= 0.6 is 28.2 Å². The van der Waals surface area contributed by atoms with Crippen molar-refractivity contribution in [2.45, 2.75) is 6.42 Å². The second-order valence-corrected chi connectivity index (χ2v) is 5.14. The van der Waals surface area contributed by atoms with Gasteiger partial charge in [0, 0.05) is 10.9 Å². The Kier molecular flexibility index (Phi) is 2.94. The Morgan fingerprint density at radius 1 is 1.24 bits per heavy atom. The number of hydrogen-bond acceptors (Lipinski definition) is 4. The fraction of sp³-hybridized carbons (Fsp3) is 0.0833. The van der Waals surface area contributed by atoms with Crippen molar-refractivity contribution in [3.8, 4) is 0 Å². The highest BCUT2D eigenvalue weighted by Crippen LogP contribution is 2.25. The van der Waals surface area contributed by atoms with Gasteiger partial charge in [0.2, 0.25) is 12.2 Å². The number of amidine groups is 1. The van der Waals surface area contributed by atoms with E-state index in [1.165, 1.54) is 16.3 Å². The molecule has 0 unspecified atom stereocenters. The number of nitrogens with one attached hydrogen (secondary N) is 1. The summed E-state index contributed by atoms with van der Waals surface area (Å²) in [5.74, 6) is 0.839. The summed E-state index contributed by atoms with van der Waals surface area (Å²) in [7, 11) is 0. The average Bonchev–Trinajstić information content (AvgIpc) is 2.83. The zero-order valence-corrected chi connectivity index (χ0v) is 11.2. The fourth-order valence-corrected chi connectivity index (χ4v) is 2.66. The van der Waals surface area contributed by atoms with Crippen molar-refractivity contribution < 1.29 is 4.28 Å². The Hall–Kier alpha value is -1.20. The molecule has 17 heavy (non-hydrogen) atoms. The molecule has 2 aromatic carbocycles. The van der Waals surface area contributed by atoms with Gasteiger partial charge in [-0.3, -0.25) is 9.01 Å². The van der Waals surface area contributed by atoms with Gasteiger partial charge in [0.25, 0.3) is 0 Å². The summed E-state index contributed by atoms with van der Waals surface area (Å²) in [5.41, 5.74) is 1.20.